The van der Waals surface area contributed by atoms with Crippen molar-refractivity contribution in [1.29, 1.82) is 0 Å². The first-order valence-corrected chi connectivity index (χ1v) is 10.6. The molecular weight excluding hydrogens is 410 g/mol. The Hall–Kier alpha value is -3.27. The van der Waals surface area contributed by atoms with Crippen LogP contribution in [0.5, 0.6) is 5.75 Å². The number of aryl methyl sites for hydroxylation is 1. The number of methoxy groups -OCH3 is 1. The minimum atomic E-state index is -3.89. The summed E-state index contributed by atoms with van der Waals surface area (Å²) in [6, 6.07) is 11.1. The number of rotatable bonds is 8. The normalized spacial score (nSPS) is 10.8. The van der Waals surface area contributed by atoms with Crippen LogP contribution in [0, 0.1) is 6.92 Å². The number of carbonyl (C=O) groups excluding carboxylic acids is 2. The highest BCUT2D eigenvalue weighted by atomic mass is 32.2. The molecule has 9 nitrogen and oxygen atoms in total. The van der Waals surface area contributed by atoms with Gasteiger partial charge in [-0.1, -0.05) is 6.07 Å². The van der Waals surface area contributed by atoms with E-state index in [1.54, 1.807) is 43.3 Å². The second-order valence-corrected chi connectivity index (χ2v) is 8.07. The lowest BCUT2D eigenvalue weighted by Crippen LogP contribution is -2.34. The minimum absolute atomic E-state index is 0.0236. The molecule has 0 saturated carbocycles. The average Bonchev–Trinajstić information content (AvgIpc) is 2.70. The molecule has 0 unspecified atom stereocenters. The van der Waals surface area contributed by atoms with Crippen molar-refractivity contribution < 1.29 is 27.5 Å². The Bertz CT molecular complexity index is 1010. The third-order valence-corrected chi connectivity index (χ3v) is 5.57. The molecule has 0 heterocycles. The maximum Gasteiger partial charge on any atom is 0.409 e. The van der Waals surface area contributed by atoms with Gasteiger partial charge in [-0.3, -0.25) is 9.52 Å². The predicted octanol–water partition coefficient (Wildman–Crippen LogP) is 2.83. The van der Waals surface area contributed by atoms with Gasteiger partial charge >= 0.3 is 6.09 Å². The number of likely N-dealkylation sites (N-methyl/N-ethyl adjacent to an activating group) is 1. The fourth-order valence-electron chi connectivity index (χ4n) is 2.60. The van der Waals surface area contributed by atoms with Crippen LogP contribution in [0.25, 0.3) is 0 Å². The Balaban J connectivity index is 2.16. The molecular formula is C20H25N3O6S. The van der Waals surface area contributed by atoms with Crippen molar-refractivity contribution in [3.63, 3.8) is 0 Å². The van der Waals surface area contributed by atoms with Gasteiger partial charge in [0, 0.05) is 18.4 Å². The van der Waals surface area contributed by atoms with Gasteiger partial charge in [0.25, 0.3) is 10.0 Å². The lowest BCUT2D eigenvalue weighted by Gasteiger charge is -2.16. The molecule has 0 aromatic heterocycles. The summed E-state index contributed by atoms with van der Waals surface area (Å²) in [5, 5.41) is 2.58. The topological polar surface area (TPSA) is 114 Å². The third-order valence-electron chi connectivity index (χ3n) is 4.05. The van der Waals surface area contributed by atoms with Crippen LogP contribution in [0.4, 0.5) is 16.2 Å². The molecule has 0 aliphatic heterocycles. The molecule has 0 saturated heterocycles. The second-order valence-electron chi connectivity index (χ2n) is 6.42. The monoisotopic (exact) mass is 435 g/mol. The molecule has 30 heavy (non-hydrogen) atoms. The molecule has 0 atom stereocenters. The van der Waals surface area contributed by atoms with Crippen LogP contribution in [0.2, 0.25) is 0 Å². The zero-order valence-electron chi connectivity index (χ0n) is 17.3. The van der Waals surface area contributed by atoms with Crippen molar-refractivity contribution in [2.75, 3.05) is 37.3 Å². The smallest absolute Gasteiger partial charge is 0.409 e. The second kappa shape index (κ2) is 9.97. The van der Waals surface area contributed by atoms with Crippen molar-refractivity contribution in [2.24, 2.45) is 0 Å². The lowest BCUT2D eigenvalue weighted by molar-refractivity contribution is -0.116. The van der Waals surface area contributed by atoms with E-state index in [4.69, 9.17) is 4.74 Å². The van der Waals surface area contributed by atoms with E-state index in [0.717, 1.165) is 4.90 Å². The molecule has 2 N–H and O–H groups in total. The van der Waals surface area contributed by atoms with Crippen LogP contribution >= 0.6 is 0 Å². The highest BCUT2D eigenvalue weighted by Gasteiger charge is 2.19. The molecule has 0 aliphatic rings. The summed E-state index contributed by atoms with van der Waals surface area (Å²) in [7, 11) is -1.27. The molecule has 162 valence electrons. The first kappa shape index (κ1) is 23.0. The van der Waals surface area contributed by atoms with E-state index in [0.29, 0.717) is 23.6 Å². The first-order valence-electron chi connectivity index (χ1n) is 9.11. The van der Waals surface area contributed by atoms with Crippen molar-refractivity contribution in [1.82, 2.24) is 4.90 Å². The highest BCUT2D eigenvalue weighted by Crippen LogP contribution is 2.24. The summed E-state index contributed by atoms with van der Waals surface area (Å²) in [4.78, 5) is 24.6. The van der Waals surface area contributed by atoms with Crippen molar-refractivity contribution in [2.45, 2.75) is 18.7 Å². The number of amides is 2. The van der Waals surface area contributed by atoms with E-state index in [1.807, 2.05) is 6.92 Å². The molecule has 2 aromatic carbocycles. The van der Waals surface area contributed by atoms with Gasteiger partial charge in [0.05, 0.1) is 18.6 Å². The molecule has 2 rings (SSSR count). The van der Waals surface area contributed by atoms with Crippen molar-refractivity contribution in [3.05, 3.63) is 48.0 Å². The summed E-state index contributed by atoms with van der Waals surface area (Å²) in [5.41, 5.74) is 1.18. The lowest BCUT2D eigenvalue weighted by atomic mass is 10.2. The van der Waals surface area contributed by atoms with E-state index in [9.17, 15) is 18.0 Å². The summed E-state index contributed by atoms with van der Waals surface area (Å²) < 4.78 is 38.1. The summed E-state index contributed by atoms with van der Waals surface area (Å²) in [5.74, 6) is 0.146. The minimum Gasteiger partial charge on any atom is -0.494 e. The zero-order chi connectivity index (χ0) is 22.3. The van der Waals surface area contributed by atoms with Gasteiger partial charge in [0.15, 0.2) is 0 Å². The predicted molar refractivity (Wildman–Crippen MR) is 113 cm³/mol. The third kappa shape index (κ3) is 6.11. The van der Waals surface area contributed by atoms with Crippen molar-refractivity contribution >= 4 is 33.4 Å². The van der Waals surface area contributed by atoms with Gasteiger partial charge in [-0.15, -0.1) is 0 Å². The van der Waals surface area contributed by atoms with Gasteiger partial charge in [0.2, 0.25) is 5.91 Å². The Morgan fingerprint density at radius 3 is 2.30 bits per heavy atom. The molecule has 0 fully saturated rings. The summed E-state index contributed by atoms with van der Waals surface area (Å²) >= 11 is 0. The van der Waals surface area contributed by atoms with Crippen LogP contribution in [-0.2, 0) is 19.6 Å². The molecule has 0 radical (unpaired) electrons. The van der Waals surface area contributed by atoms with Crippen LogP contribution in [0.3, 0.4) is 0 Å². The van der Waals surface area contributed by atoms with Gasteiger partial charge in [0.1, 0.15) is 12.3 Å². The zero-order valence-corrected chi connectivity index (χ0v) is 18.1. The molecule has 0 spiro atoms. The van der Waals surface area contributed by atoms with Crippen molar-refractivity contribution in [3.8, 4) is 5.75 Å². The molecule has 2 aromatic rings. The van der Waals surface area contributed by atoms with Crippen LogP contribution < -0.4 is 14.8 Å². The van der Waals surface area contributed by atoms with E-state index < -0.39 is 22.0 Å². The molecule has 0 bridgehead atoms. The Kier molecular flexibility index (Phi) is 7.65. The number of ether oxygens (including phenoxy) is 2. The summed E-state index contributed by atoms with van der Waals surface area (Å²) in [6.07, 6.45) is -0.656. The molecule has 10 heteroatoms. The fourth-order valence-corrected chi connectivity index (χ4v) is 3.93. The van der Waals surface area contributed by atoms with Gasteiger partial charge in [-0.05, 0) is 55.8 Å². The maximum absolute atomic E-state index is 12.9. The number of anilines is 2. The Morgan fingerprint density at radius 1 is 1.07 bits per heavy atom. The number of benzene rings is 2. The fraction of sp³-hybridized carbons (Fsp3) is 0.300. The highest BCUT2D eigenvalue weighted by molar-refractivity contribution is 7.92. The van der Waals surface area contributed by atoms with Gasteiger partial charge < -0.3 is 19.7 Å². The SMILES string of the molecule is CCOc1ccc(NS(=O)(=O)c2cc(NC(=O)CN(C)C(=O)OC)ccc2C)cc1. The molecule has 0 aliphatic carbocycles. The largest absolute Gasteiger partial charge is 0.494 e. The Morgan fingerprint density at radius 2 is 1.70 bits per heavy atom. The number of sulfonamides is 1. The number of nitrogens with zero attached hydrogens (tertiary/aromatic N) is 1. The quantitative estimate of drug-likeness (QED) is 0.659. The van der Waals surface area contributed by atoms with Crippen LogP contribution in [0.15, 0.2) is 47.4 Å². The van der Waals surface area contributed by atoms with E-state index in [-0.39, 0.29) is 17.1 Å². The average molecular weight is 436 g/mol. The number of nitrogens with one attached hydrogen (secondary N) is 2. The number of hydrogen-bond acceptors (Lipinski definition) is 6. The number of hydrogen-bond donors (Lipinski definition) is 2. The summed E-state index contributed by atoms with van der Waals surface area (Å²) in [6.45, 7) is 3.79. The van der Waals surface area contributed by atoms with Gasteiger partial charge in [-0.25, -0.2) is 13.2 Å². The van der Waals surface area contributed by atoms with Gasteiger partial charge in [-0.2, -0.15) is 0 Å². The first-order chi connectivity index (χ1) is 14.2. The van der Waals surface area contributed by atoms with Crippen LogP contribution in [0.1, 0.15) is 12.5 Å². The number of carbonyl (C=O) groups is 2. The van der Waals surface area contributed by atoms with E-state index >= 15 is 0 Å². The van der Waals surface area contributed by atoms with Crippen LogP contribution in [-0.4, -0.2) is 52.6 Å². The van der Waals surface area contributed by atoms with E-state index in [2.05, 4.69) is 14.8 Å². The standard InChI is InChI=1S/C20H25N3O6S/c1-5-29-17-10-8-15(9-11-17)22-30(26,27)18-12-16(7-6-14(18)2)21-19(24)13-23(3)20(25)28-4/h6-12,22H,5,13H2,1-4H3,(H,21,24). The Labute approximate surface area is 176 Å². The molecule has 2 amide bonds. The maximum atomic E-state index is 12.9. The van der Waals surface area contributed by atoms with E-state index in [1.165, 1.54) is 20.2 Å².